The van der Waals surface area contributed by atoms with Crippen LogP contribution in [0.1, 0.15) is 24.0 Å². The Morgan fingerprint density at radius 2 is 1.48 bits per heavy atom. The predicted molar refractivity (Wildman–Crippen MR) is 97.2 cm³/mol. The molecule has 1 atom stereocenters. The minimum atomic E-state index is 0.793. The lowest BCUT2D eigenvalue weighted by atomic mass is 9.97. The molecule has 1 heterocycles. The summed E-state index contributed by atoms with van der Waals surface area (Å²) in [5.74, 6) is 0.793. The largest absolute Gasteiger partial charge is 0.306 e. The fraction of sp³-hybridized carbons (Fsp3) is 0.429. The van der Waals surface area contributed by atoms with E-state index >= 15 is 0 Å². The lowest BCUT2D eigenvalue weighted by Gasteiger charge is -2.34. The first-order valence-electron chi connectivity index (χ1n) is 8.78. The highest BCUT2D eigenvalue weighted by Crippen LogP contribution is 2.19. The van der Waals surface area contributed by atoms with E-state index in [9.17, 15) is 0 Å². The van der Waals surface area contributed by atoms with E-state index in [4.69, 9.17) is 0 Å². The molecule has 0 saturated carbocycles. The monoisotopic (exact) mass is 308 g/mol. The molecule has 0 radical (unpaired) electrons. The Hall–Kier alpha value is -1.64. The molecule has 2 heteroatoms. The van der Waals surface area contributed by atoms with Crippen LogP contribution in [0, 0.1) is 5.92 Å². The second kappa shape index (κ2) is 8.28. The number of rotatable bonds is 6. The number of likely N-dealkylation sites (tertiary alicyclic amines) is 1. The zero-order valence-electron chi connectivity index (χ0n) is 14.2. The van der Waals surface area contributed by atoms with Gasteiger partial charge in [-0.1, -0.05) is 60.7 Å². The summed E-state index contributed by atoms with van der Waals surface area (Å²) in [5.41, 5.74) is 2.82. The van der Waals surface area contributed by atoms with E-state index in [-0.39, 0.29) is 0 Å². The maximum atomic E-state index is 2.62. The van der Waals surface area contributed by atoms with Gasteiger partial charge in [0, 0.05) is 26.2 Å². The van der Waals surface area contributed by atoms with Crippen LogP contribution in [-0.4, -0.2) is 36.5 Å². The highest BCUT2D eigenvalue weighted by atomic mass is 15.1. The van der Waals surface area contributed by atoms with E-state index in [1.165, 1.54) is 43.6 Å². The van der Waals surface area contributed by atoms with E-state index in [2.05, 4.69) is 77.5 Å². The molecule has 23 heavy (non-hydrogen) atoms. The summed E-state index contributed by atoms with van der Waals surface area (Å²) >= 11 is 0. The Balaban J connectivity index is 1.67. The maximum Gasteiger partial charge on any atom is 0.0237 e. The maximum absolute atomic E-state index is 2.62. The first kappa shape index (κ1) is 16.2. The summed E-state index contributed by atoms with van der Waals surface area (Å²) < 4.78 is 0. The van der Waals surface area contributed by atoms with Crippen LogP contribution in [0.3, 0.4) is 0 Å². The summed E-state index contributed by atoms with van der Waals surface area (Å²) in [4.78, 5) is 5.10. The minimum Gasteiger partial charge on any atom is -0.306 e. The van der Waals surface area contributed by atoms with Gasteiger partial charge in [-0.05, 0) is 43.5 Å². The molecule has 1 saturated heterocycles. The lowest BCUT2D eigenvalue weighted by molar-refractivity contribution is 0.143. The van der Waals surface area contributed by atoms with Gasteiger partial charge in [0.2, 0.25) is 0 Å². The Labute approximate surface area is 140 Å². The van der Waals surface area contributed by atoms with Crippen molar-refractivity contribution < 1.29 is 0 Å². The molecule has 0 spiro atoms. The van der Waals surface area contributed by atoms with E-state index in [0.717, 1.165) is 19.0 Å². The van der Waals surface area contributed by atoms with Crippen molar-refractivity contribution in [3.05, 3.63) is 71.8 Å². The van der Waals surface area contributed by atoms with Crippen molar-refractivity contribution in [2.75, 3.05) is 26.7 Å². The van der Waals surface area contributed by atoms with Crippen LogP contribution in [0.15, 0.2) is 60.7 Å². The molecule has 1 aliphatic rings. The summed E-state index contributed by atoms with van der Waals surface area (Å²) in [5, 5.41) is 0. The Morgan fingerprint density at radius 1 is 0.913 bits per heavy atom. The molecule has 0 unspecified atom stereocenters. The zero-order chi connectivity index (χ0) is 15.9. The Morgan fingerprint density at radius 3 is 2.00 bits per heavy atom. The van der Waals surface area contributed by atoms with Crippen LogP contribution in [0.2, 0.25) is 0 Å². The second-order valence-electron chi connectivity index (χ2n) is 6.91. The van der Waals surface area contributed by atoms with Gasteiger partial charge in [-0.3, -0.25) is 4.90 Å². The third-order valence-corrected chi connectivity index (χ3v) is 4.74. The Bertz CT molecular complexity index is 525. The van der Waals surface area contributed by atoms with Gasteiger partial charge in [-0.15, -0.1) is 0 Å². The van der Waals surface area contributed by atoms with Crippen molar-refractivity contribution in [1.82, 2.24) is 9.80 Å². The van der Waals surface area contributed by atoms with Crippen LogP contribution < -0.4 is 0 Å². The van der Waals surface area contributed by atoms with Crippen molar-refractivity contribution in [1.29, 1.82) is 0 Å². The molecule has 0 amide bonds. The van der Waals surface area contributed by atoms with Crippen LogP contribution in [0.4, 0.5) is 0 Å². The third kappa shape index (κ3) is 5.19. The number of hydrogen-bond acceptors (Lipinski definition) is 2. The SMILES string of the molecule is CN1CCC[C@H](CN(Cc2ccccc2)Cc2ccccc2)C1. The molecule has 3 rings (SSSR count). The topological polar surface area (TPSA) is 6.48 Å². The standard InChI is InChI=1S/C21H28N2/c1-22-14-8-13-21(15-22)18-23(16-19-9-4-2-5-10-19)17-20-11-6-3-7-12-20/h2-7,9-12,21H,8,13-18H2,1H3/t21-/m0/s1. The Kier molecular flexibility index (Phi) is 5.84. The van der Waals surface area contributed by atoms with Crippen LogP contribution >= 0.6 is 0 Å². The summed E-state index contributed by atoms with van der Waals surface area (Å²) in [6.45, 7) is 5.76. The normalized spacial score (nSPS) is 19.1. The van der Waals surface area contributed by atoms with Gasteiger partial charge in [-0.2, -0.15) is 0 Å². The minimum absolute atomic E-state index is 0.793. The quantitative estimate of drug-likeness (QED) is 0.795. The number of piperidine rings is 1. The van der Waals surface area contributed by atoms with Crippen molar-refractivity contribution in [2.45, 2.75) is 25.9 Å². The molecule has 0 bridgehead atoms. The molecule has 0 aliphatic carbocycles. The fourth-order valence-electron chi connectivity index (χ4n) is 3.66. The van der Waals surface area contributed by atoms with E-state index in [1.807, 2.05) is 0 Å². The van der Waals surface area contributed by atoms with Crippen molar-refractivity contribution in [3.63, 3.8) is 0 Å². The zero-order valence-corrected chi connectivity index (χ0v) is 14.2. The van der Waals surface area contributed by atoms with Gasteiger partial charge >= 0.3 is 0 Å². The first-order chi connectivity index (χ1) is 11.3. The summed E-state index contributed by atoms with van der Waals surface area (Å²) in [7, 11) is 2.25. The number of nitrogens with zero attached hydrogens (tertiary/aromatic N) is 2. The molecule has 0 N–H and O–H groups in total. The number of benzene rings is 2. The highest BCUT2D eigenvalue weighted by Gasteiger charge is 2.20. The molecule has 0 aromatic heterocycles. The molecule has 2 aromatic carbocycles. The lowest BCUT2D eigenvalue weighted by Crippen LogP contribution is -2.38. The molecular weight excluding hydrogens is 280 g/mol. The predicted octanol–water partition coefficient (Wildman–Crippen LogP) is 4.03. The smallest absolute Gasteiger partial charge is 0.0237 e. The van der Waals surface area contributed by atoms with Crippen LogP contribution in [0.5, 0.6) is 0 Å². The van der Waals surface area contributed by atoms with Gasteiger partial charge in [0.1, 0.15) is 0 Å². The van der Waals surface area contributed by atoms with E-state index in [0.29, 0.717) is 0 Å². The van der Waals surface area contributed by atoms with Crippen molar-refractivity contribution in [2.24, 2.45) is 5.92 Å². The van der Waals surface area contributed by atoms with E-state index < -0.39 is 0 Å². The average molecular weight is 308 g/mol. The second-order valence-corrected chi connectivity index (χ2v) is 6.91. The van der Waals surface area contributed by atoms with Gasteiger partial charge < -0.3 is 4.90 Å². The van der Waals surface area contributed by atoms with Crippen LogP contribution in [0.25, 0.3) is 0 Å². The third-order valence-electron chi connectivity index (χ3n) is 4.74. The summed E-state index contributed by atoms with van der Waals surface area (Å²) in [6, 6.07) is 21.7. The van der Waals surface area contributed by atoms with Gasteiger partial charge in [-0.25, -0.2) is 0 Å². The van der Waals surface area contributed by atoms with Gasteiger partial charge in [0.05, 0.1) is 0 Å². The fourth-order valence-corrected chi connectivity index (χ4v) is 3.66. The summed E-state index contributed by atoms with van der Waals surface area (Å²) in [6.07, 6.45) is 2.70. The first-order valence-corrected chi connectivity index (χ1v) is 8.78. The molecule has 1 fully saturated rings. The molecule has 1 aliphatic heterocycles. The number of hydrogen-bond donors (Lipinski definition) is 0. The molecule has 2 nitrogen and oxygen atoms in total. The van der Waals surface area contributed by atoms with Crippen LogP contribution in [-0.2, 0) is 13.1 Å². The van der Waals surface area contributed by atoms with Crippen molar-refractivity contribution >= 4 is 0 Å². The van der Waals surface area contributed by atoms with Gasteiger partial charge in [0.25, 0.3) is 0 Å². The average Bonchev–Trinajstić information content (AvgIpc) is 2.57. The van der Waals surface area contributed by atoms with Crippen molar-refractivity contribution in [3.8, 4) is 0 Å². The molecule has 2 aromatic rings. The highest BCUT2D eigenvalue weighted by molar-refractivity contribution is 5.17. The van der Waals surface area contributed by atoms with E-state index in [1.54, 1.807) is 0 Å². The van der Waals surface area contributed by atoms with Gasteiger partial charge in [0.15, 0.2) is 0 Å². The molecular formula is C21H28N2. The molecule has 122 valence electrons.